The Morgan fingerprint density at radius 3 is 1.00 bits per heavy atom. The minimum Gasteiger partial charge on any atom is -0.456 e. The van der Waals surface area contributed by atoms with Gasteiger partial charge in [-0.1, -0.05) is 139 Å². The molecule has 0 aliphatic heterocycles. The summed E-state index contributed by atoms with van der Waals surface area (Å²) in [7, 11) is 0. The second kappa shape index (κ2) is 12.4. The molecule has 2 aromatic heterocycles. The summed E-state index contributed by atoms with van der Waals surface area (Å²) in [4.78, 5) is 0. The van der Waals surface area contributed by atoms with Gasteiger partial charge in [0.25, 0.3) is 0 Å². The molecule has 0 fully saturated rings. The van der Waals surface area contributed by atoms with E-state index >= 15 is 0 Å². The van der Waals surface area contributed by atoms with E-state index in [4.69, 9.17) is 8.83 Å². The maximum absolute atomic E-state index is 6.42. The number of benzene rings is 10. The lowest BCUT2D eigenvalue weighted by atomic mass is 9.78. The van der Waals surface area contributed by atoms with E-state index in [1.807, 2.05) is 12.1 Å². The van der Waals surface area contributed by atoms with Crippen LogP contribution in [0.3, 0.4) is 0 Å². The topological polar surface area (TPSA) is 26.3 Å². The van der Waals surface area contributed by atoms with Crippen molar-refractivity contribution in [2.75, 3.05) is 0 Å². The van der Waals surface area contributed by atoms with E-state index in [1.165, 1.54) is 111 Å². The SMILES string of the molecule is CC1(C)c2cc3c(cc2-c2cc4c(cc21)-c1c(cc(-c2ccc5c(c2)oc2ccccc25)c2ccccc12)C4(C)C)C(C)(C)c1cc(-c2ccc4c(c2)oc2ccccc24)c2ccccc2c1-3. The molecule has 0 radical (unpaired) electrons. The van der Waals surface area contributed by atoms with Crippen LogP contribution in [-0.4, -0.2) is 0 Å². The number of fused-ring (bicyclic) bond motifs is 19. The minimum atomic E-state index is -0.220. The van der Waals surface area contributed by atoms with Crippen molar-refractivity contribution >= 4 is 65.4 Å². The van der Waals surface area contributed by atoms with E-state index in [2.05, 4.69) is 199 Å². The van der Waals surface area contributed by atoms with Crippen LogP contribution in [0.4, 0.5) is 0 Å². The summed E-state index contributed by atoms with van der Waals surface area (Å²) in [5.41, 5.74) is 24.6. The van der Waals surface area contributed by atoms with Crippen molar-refractivity contribution in [2.45, 2.75) is 57.8 Å². The summed E-state index contributed by atoms with van der Waals surface area (Å²) in [5.74, 6) is 0. The van der Waals surface area contributed by atoms with Crippen LogP contribution in [0.15, 0.2) is 179 Å². The zero-order valence-electron chi connectivity index (χ0n) is 38.5. The van der Waals surface area contributed by atoms with Crippen LogP contribution in [0.2, 0.25) is 0 Å². The maximum Gasteiger partial charge on any atom is 0.136 e. The van der Waals surface area contributed by atoms with E-state index in [1.54, 1.807) is 0 Å². The van der Waals surface area contributed by atoms with Gasteiger partial charge >= 0.3 is 0 Å². The molecule has 2 heteroatoms. The summed E-state index contributed by atoms with van der Waals surface area (Å²) >= 11 is 0. The zero-order chi connectivity index (χ0) is 44.9. The van der Waals surface area contributed by atoms with Gasteiger partial charge in [0.1, 0.15) is 22.3 Å². The van der Waals surface area contributed by atoms with Gasteiger partial charge in [-0.25, -0.2) is 0 Å². The Balaban J connectivity index is 0.888. The predicted molar refractivity (Wildman–Crippen MR) is 280 cm³/mol. The second-order valence-electron chi connectivity index (χ2n) is 21.2. The predicted octanol–water partition coefficient (Wildman–Crippen LogP) is 18.0. The third kappa shape index (κ3) is 4.70. The molecule has 0 saturated heterocycles. The fourth-order valence-corrected chi connectivity index (χ4v) is 13.1. The molecule has 2 heterocycles. The fraction of sp³-hybridized carbons (Fsp3) is 0.138. The van der Waals surface area contributed by atoms with Gasteiger partial charge in [0.15, 0.2) is 0 Å². The summed E-state index contributed by atoms with van der Waals surface area (Å²) in [6.45, 7) is 14.6. The molecule has 0 spiro atoms. The Bertz CT molecular complexity index is 3970. The summed E-state index contributed by atoms with van der Waals surface area (Å²) in [5, 5.41) is 9.78. The highest BCUT2D eigenvalue weighted by Gasteiger charge is 2.45. The second-order valence-corrected chi connectivity index (χ2v) is 21.2. The third-order valence-corrected chi connectivity index (χ3v) is 16.7. The van der Waals surface area contributed by atoms with Gasteiger partial charge in [0, 0.05) is 37.8 Å². The summed E-state index contributed by atoms with van der Waals surface area (Å²) in [6.07, 6.45) is 0. The lowest BCUT2D eigenvalue weighted by Gasteiger charge is -2.25. The molecule has 15 rings (SSSR count). The highest BCUT2D eigenvalue weighted by atomic mass is 16.3. The molecule has 0 unspecified atom stereocenters. The van der Waals surface area contributed by atoms with Crippen molar-refractivity contribution in [1.82, 2.24) is 0 Å². The van der Waals surface area contributed by atoms with Gasteiger partial charge in [-0.05, 0) is 183 Å². The minimum absolute atomic E-state index is 0.204. The average Bonchev–Trinajstić information content (AvgIpc) is 4.08. The van der Waals surface area contributed by atoms with Gasteiger partial charge in [-0.15, -0.1) is 0 Å². The van der Waals surface area contributed by atoms with Crippen molar-refractivity contribution < 1.29 is 8.83 Å². The molecule has 0 atom stereocenters. The Hall–Kier alpha value is -7.68. The number of rotatable bonds is 2. The molecule has 318 valence electrons. The van der Waals surface area contributed by atoms with E-state index in [-0.39, 0.29) is 16.2 Å². The molecular weight excluding hydrogens is 813 g/mol. The van der Waals surface area contributed by atoms with E-state index in [0.29, 0.717) is 0 Å². The largest absolute Gasteiger partial charge is 0.456 e. The van der Waals surface area contributed by atoms with Gasteiger partial charge in [0.05, 0.1) is 0 Å². The van der Waals surface area contributed by atoms with Crippen LogP contribution in [0.1, 0.15) is 74.9 Å². The third-order valence-electron chi connectivity index (χ3n) is 16.7. The highest BCUT2D eigenvalue weighted by Crippen LogP contribution is 2.61. The van der Waals surface area contributed by atoms with E-state index in [9.17, 15) is 0 Å². The molecule has 3 aliphatic rings. The van der Waals surface area contributed by atoms with Crippen molar-refractivity contribution in [3.05, 3.63) is 203 Å². The fourth-order valence-electron chi connectivity index (χ4n) is 13.1. The van der Waals surface area contributed by atoms with Crippen LogP contribution in [0.5, 0.6) is 0 Å². The molecule has 0 amide bonds. The van der Waals surface area contributed by atoms with Crippen molar-refractivity contribution in [1.29, 1.82) is 0 Å². The first-order valence-corrected chi connectivity index (χ1v) is 23.8. The number of furan rings is 2. The van der Waals surface area contributed by atoms with E-state index in [0.717, 1.165) is 43.9 Å². The Kier molecular flexibility index (Phi) is 6.94. The molecule has 0 bridgehead atoms. The first-order chi connectivity index (χ1) is 32.5. The Morgan fingerprint density at radius 2 is 0.567 bits per heavy atom. The molecule has 0 saturated carbocycles. The lowest BCUT2D eigenvalue weighted by Crippen LogP contribution is -2.17. The van der Waals surface area contributed by atoms with Gasteiger partial charge in [0.2, 0.25) is 0 Å². The molecule has 0 N–H and O–H groups in total. The quantitative estimate of drug-likeness (QED) is 0.173. The van der Waals surface area contributed by atoms with Crippen LogP contribution >= 0.6 is 0 Å². The van der Waals surface area contributed by atoms with Crippen LogP contribution < -0.4 is 0 Å². The van der Waals surface area contributed by atoms with Gasteiger partial charge < -0.3 is 8.83 Å². The Labute approximate surface area is 389 Å². The smallest absolute Gasteiger partial charge is 0.136 e. The summed E-state index contributed by atoms with van der Waals surface area (Å²) < 4.78 is 12.8. The summed E-state index contributed by atoms with van der Waals surface area (Å²) in [6, 6.07) is 63.6. The van der Waals surface area contributed by atoms with Crippen molar-refractivity contribution in [2.24, 2.45) is 0 Å². The molecule has 2 nitrogen and oxygen atoms in total. The normalized spacial score (nSPS) is 15.7. The van der Waals surface area contributed by atoms with Crippen LogP contribution in [-0.2, 0) is 16.2 Å². The number of hydrogen-bond donors (Lipinski definition) is 0. The van der Waals surface area contributed by atoms with Crippen LogP contribution in [0.25, 0.3) is 121 Å². The zero-order valence-corrected chi connectivity index (χ0v) is 38.5. The van der Waals surface area contributed by atoms with Gasteiger partial charge in [-0.2, -0.15) is 0 Å². The van der Waals surface area contributed by atoms with Gasteiger partial charge in [-0.3, -0.25) is 0 Å². The Morgan fingerprint density at radius 1 is 0.254 bits per heavy atom. The molecular formula is C65H46O2. The first kappa shape index (κ1) is 37.5. The lowest BCUT2D eigenvalue weighted by molar-refractivity contribution is 0.649. The molecule has 10 aromatic carbocycles. The maximum atomic E-state index is 6.42. The molecule has 3 aliphatic carbocycles. The molecule has 67 heavy (non-hydrogen) atoms. The molecule has 12 aromatic rings. The average molecular weight is 859 g/mol. The monoisotopic (exact) mass is 858 g/mol. The highest BCUT2D eigenvalue weighted by molar-refractivity contribution is 6.14. The van der Waals surface area contributed by atoms with Crippen LogP contribution in [0, 0.1) is 0 Å². The van der Waals surface area contributed by atoms with Crippen molar-refractivity contribution in [3.8, 4) is 55.6 Å². The van der Waals surface area contributed by atoms with E-state index < -0.39 is 0 Å². The number of hydrogen-bond acceptors (Lipinski definition) is 2. The number of para-hydroxylation sites is 2. The van der Waals surface area contributed by atoms with Crippen molar-refractivity contribution in [3.63, 3.8) is 0 Å². The standard InChI is InChI=1S/C65H46O2/c1-63(2)51-33-49-53(64(3,4)55-29-45(37-15-7-9-19-43(37)61(49)55)35-23-25-41-39-17-11-13-21-57(39)66-59(41)27-35)31-47(51)48-32-54-50(34-52(48)63)62-44-20-10-8-16-38(44)46(30-56(62)65(54,5)6)36-24-26-42-40-18-12-14-22-58(40)67-60(42)28-36/h7-34H,1-6H3. The first-order valence-electron chi connectivity index (χ1n) is 23.8.